The van der Waals surface area contributed by atoms with Gasteiger partial charge in [-0.1, -0.05) is 30.2 Å². The van der Waals surface area contributed by atoms with E-state index in [1.54, 1.807) is 48.7 Å². The number of aromatic nitrogens is 3. The van der Waals surface area contributed by atoms with Crippen molar-refractivity contribution in [3.63, 3.8) is 0 Å². The molecule has 4 aliphatic rings. The van der Waals surface area contributed by atoms with Gasteiger partial charge >= 0.3 is 6.01 Å². The van der Waals surface area contributed by atoms with Gasteiger partial charge < -0.3 is 19.7 Å². The summed E-state index contributed by atoms with van der Waals surface area (Å²) in [6, 6.07) is 16.0. The molecule has 4 aliphatic heterocycles. The van der Waals surface area contributed by atoms with E-state index in [4.69, 9.17) is 36.5 Å². The Hall–Kier alpha value is -4.41. The summed E-state index contributed by atoms with van der Waals surface area (Å²) in [4.78, 5) is 19.5. The van der Waals surface area contributed by atoms with Crippen LogP contribution >= 0.6 is 10.7 Å². The lowest BCUT2D eigenvalue weighted by molar-refractivity contribution is 0.107. The maximum absolute atomic E-state index is 17.0. The number of hydrogen-bond acceptors (Lipinski definition) is 9. The van der Waals surface area contributed by atoms with Crippen molar-refractivity contribution in [2.75, 3.05) is 44.3 Å². The molecular weight excluding hydrogens is 718 g/mol. The highest BCUT2D eigenvalue weighted by Crippen LogP contribution is 2.43. The SMILES string of the molecule is C#Cc1c(F)ccc2cccc(-c3ncc4c(N5CC6CCC(C5)N6)nc(OCC56CCCN5CC(COc5ccc(S(=O)Cl)cc5)C6)nc4c3F)c12. The second-order valence-electron chi connectivity index (χ2n) is 14.7. The number of benzene rings is 3. The van der Waals surface area contributed by atoms with Crippen LogP contribution in [0.1, 0.15) is 37.7 Å². The fourth-order valence-corrected chi connectivity index (χ4v) is 9.65. The van der Waals surface area contributed by atoms with E-state index in [1.807, 2.05) is 6.07 Å². The largest absolute Gasteiger partial charge is 0.493 e. The van der Waals surface area contributed by atoms with Gasteiger partial charge in [-0.2, -0.15) is 9.97 Å². The summed E-state index contributed by atoms with van der Waals surface area (Å²) in [6.45, 7) is 4.17. The molecule has 0 spiro atoms. The summed E-state index contributed by atoms with van der Waals surface area (Å²) in [5.41, 5.74) is 0.359. The molecule has 2 aromatic heterocycles. The van der Waals surface area contributed by atoms with Crippen LogP contribution in [-0.2, 0) is 10.0 Å². The predicted octanol–water partition coefficient (Wildman–Crippen LogP) is 6.62. The number of piperazine rings is 1. The molecule has 0 radical (unpaired) electrons. The lowest BCUT2D eigenvalue weighted by Gasteiger charge is -2.34. The van der Waals surface area contributed by atoms with Crippen LogP contribution in [0.15, 0.2) is 65.7 Å². The van der Waals surface area contributed by atoms with E-state index in [1.165, 1.54) is 6.07 Å². The van der Waals surface area contributed by atoms with Crippen LogP contribution in [0.25, 0.3) is 32.9 Å². The Kier molecular flexibility index (Phi) is 8.93. The molecule has 53 heavy (non-hydrogen) atoms. The van der Waals surface area contributed by atoms with Gasteiger partial charge in [0.25, 0.3) is 0 Å². The van der Waals surface area contributed by atoms with E-state index >= 15 is 4.39 Å². The minimum absolute atomic E-state index is 0.0333. The number of halogens is 3. The standard InChI is InChI=1S/C40H37ClF2N6O3S/c1-2-30-33(42)14-7-25-5-3-6-31(34(25)30)36-35(43)37-32(18-44-36)38(48-20-26-8-9-27(21-48)45-26)47-39(46-37)52-23-40-15-4-16-49(40)19-24(17-40)22-51-28-10-12-29(13-11-28)53(41)50/h1,3,5-7,10-14,18,24,26-27,45H,4,8-9,15-17,19-23H2. The number of nitrogens with zero attached hydrogens (tertiary/aromatic N) is 5. The van der Waals surface area contributed by atoms with E-state index in [9.17, 15) is 8.60 Å². The highest BCUT2D eigenvalue weighted by Gasteiger charge is 2.49. The summed E-state index contributed by atoms with van der Waals surface area (Å²) in [5, 5.41) is 5.26. The van der Waals surface area contributed by atoms with E-state index < -0.39 is 21.6 Å². The first-order valence-corrected chi connectivity index (χ1v) is 20.0. The molecule has 272 valence electrons. The third kappa shape index (κ3) is 6.27. The molecular formula is C40H37ClF2N6O3S. The zero-order chi connectivity index (χ0) is 36.3. The van der Waals surface area contributed by atoms with Crippen LogP contribution in [0.4, 0.5) is 14.6 Å². The Morgan fingerprint density at radius 3 is 2.62 bits per heavy atom. The number of ether oxygens (including phenoxy) is 2. The number of pyridine rings is 1. The summed E-state index contributed by atoms with van der Waals surface area (Å²) < 4.78 is 56.1. The lowest BCUT2D eigenvalue weighted by atomic mass is 9.91. The van der Waals surface area contributed by atoms with Gasteiger partial charge in [0.2, 0.25) is 0 Å². The van der Waals surface area contributed by atoms with Crippen molar-refractivity contribution in [1.29, 1.82) is 0 Å². The Morgan fingerprint density at radius 1 is 1.04 bits per heavy atom. The maximum atomic E-state index is 17.0. The average Bonchev–Trinajstić information content (AvgIpc) is 3.84. The fraction of sp³-hybridized carbons (Fsp3) is 0.375. The molecule has 6 heterocycles. The number of hydrogen-bond donors (Lipinski definition) is 1. The minimum Gasteiger partial charge on any atom is -0.493 e. The van der Waals surface area contributed by atoms with Crippen LogP contribution in [0.3, 0.4) is 0 Å². The molecule has 0 amide bonds. The van der Waals surface area contributed by atoms with E-state index in [0.29, 0.717) is 63.5 Å². The number of terminal acetylenes is 1. The quantitative estimate of drug-likeness (QED) is 0.132. The molecule has 5 unspecified atom stereocenters. The van der Waals surface area contributed by atoms with E-state index in [0.717, 1.165) is 58.3 Å². The molecule has 5 atom stereocenters. The highest BCUT2D eigenvalue weighted by atomic mass is 35.7. The van der Waals surface area contributed by atoms with Crippen molar-refractivity contribution in [1.82, 2.24) is 25.2 Å². The second-order valence-corrected chi connectivity index (χ2v) is 16.4. The summed E-state index contributed by atoms with van der Waals surface area (Å²) in [5.74, 6) is 2.83. The lowest BCUT2D eigenvalue weighted by Crippen LogP contribution is -2.51. The molecule has 0 aliphatic carbocycles. The van der Waals surface area contributed by atoms with Gasteiger partial charge in [0, 0.05) is 54.8 Å². The van der Waals surface area contributed by atoms with Gasteiger partial charge in [-0.05, 0) is 85.0 Å². The van der Waals surface area contributed by atoms with Crippen LogP contribution in [-0.4, -0.2) is 81.1 Å². The van der Waals surface area contributed by atoms with E-state index in [2.05, 4.69) is 26.0 Å². The van der Waals surface area contributed by atoms with Crippen LogP contribution in [0.5, 0.6) is 11.8 Å². The maximum Gasteiger partial charge on any atom is 0.319 e. The zero-order valence-electron chi connectivity index (χ0n) is 28.9. The normalized spacial score (nSPS) is 24.4. The molecule has 4 fully saturated rings. The molecule has 3 aromatic carbocycles. The Bertz CT molecular complexity index is 2300. The molecule has 13 heteroatoms. The first kappa shape index (κ1) is 34.4. The van der Waals surface area contributed by atoms with Gasteiger partial charge in [-0.15, -0.1) is 6.42 Å². The van der Waals surface area contributed by atoms with Crippen molar-refractivity contribution in [3.05, 3.63) is 78.0 Å². The first-order valence-electron chi connectivity index (χ1n) is 18.0. The molecule has 5 aromatic rings. The fourth-order valence-electron chi connectivity index (χ4n) is 8.99. The molecule has 9 nitrogen and oxygen atoms in total. The second kappa shape index (κ2) is 13.8. The van der Waals surface area contributed by atoms with Crippen LogP contribution < -0.4 is 19.7 Å². The molecule has 2 bridgehead atoms. The van der Waals surface area contributed by atoms with Crippen molar-refractivity contribution >= 4 is 48.2 Å². The number of anilines is 1. The van der Waals surface area contributed by atoms with E-state index in [-0.39, 0.29) is 34.2 Å². The van der Waals surface area contributed by atoms with Gasteiger partial charge in [-0.25, -0.2) is 13.0 Å². The zero-order valence-corrected chi connectivity index (χ0v) is 30.4. The topological polar surface area (TPSA) is 92.7 Å². The molecule has 9 rings (SSSR count). The van der Waals surface area contributed by atoms with Crippen LogP contribution in [0, 0.1) is 29.9 Å². The number of fused-ring (bicyclic) bond motifs is 5. The average molecular weight is 755 g/mol. The monoisotopic (exact) mass is 754 g/mol. The third-order valence-corrected chi connectivity index (χ3v) is 12.6. The van der Waals surface area contributed by atoms with Gasteiger partial charge in [-0.3, -0.25) is 9.88 Å². The Balaban J connectivity index is 1.04. The number of nitrogens with one attached hydrogen (secondary N) is 1. The highest BCUT2D eigenvalue weighted by molar-refractivity contribution is 8.08. The first-order chi connectivity index (χ1) is 25.8. The van der Waals surface area contributed by atoms with Crippen LogP contribution in [0.2, 0.25) is 0 Å². The Labute approximate surface area is 313 Å². The number of rotatable bonds is 9. The summed E-state index contributed by atoms with van der Waals surface area (Å²) >= 11 is 0. The smallest absolute Gasteiger partial charge is 0.319 e. The van der Waals surface area contributed by atoms with Crippen molar-refractivity contribution < 1.29 is 22.5 Å². The predicted molar refractivity (Wildman–Crippen MR) is 202 cm³/mol. The summed E-state index contributed by atoms with van der Waals surface area (Å²) in [6.07, 6.45) is 12.4. The van der Waals surface area contributed by atoms with Gasteiger partial charge in [0.15, 0.2) is 5.82 Å². The van der Waals surface area contributed by atoms with Crippen molar-refractivity contribution in [2.45, 2.75) is 54.6 Å². The minimum atomic E-state index is -1.56. The Morgan fingerprint density at radius 2 is 1.85 bits per heavy atom. The molecule has 0 saturated carbocycles. The van der Waals surface area contributed by atoms with Crippen molar-refractivity contribution in [3.8, 4) is 35.4 Å². The summed E-state index contributed by atoms with van der Waals surface area (Å²) in [7, 11) is 4.14. The van der Waals surface area contributed by atoms with Gasteiger partial charge in [0.05, 0.1) is 28.0 Å². The van der Waals surface area contributed by atoms with Gasteiger partial charge in [0.1, 0.15) is 45.2 Å². The molecule has 4 saturated heterocycles. The third-order valence-electron chi connectivity index (χ3n) is 11.4. The van der Waals surface area contributed by atoms with Crippen molar-refractivity contribution in [2.24, 2.45) is 5.92 Å². The molecule has 1 N–H and O–H groups in total.